The Morgan fingerprint density at radius 1 is 1.05 bits per heavy atom. The van der Waals surface area contributed by atoms with E-state index >= 15 is 8.78 Å². The third-order valence-electron chi connectivity index (χ3n) is 6.37. The van der Waals surface area contributed by atoms with Gasteiger partial charge in [-0.05, 0) is 43.4 Å². The molecule has 2 aromatic heterocycles. The molecule has 0 bridgehead atoms. The van der Waals surface area contributed by atoms with Crippen LogP contribution in [0.15, 0.2) is 67.1 Å². The smallest absolute Gasteiger partial charge is 0.155 e. The number of rotatable bonds is 8. The lowest BCUT2D eigenvalue weighted by molar-refractivity contribution is 0.582. The number of aromatic nitrogens is 3. The van der Waals surface area contributed by atoms with Crippen LogP contribution in [0.3, 0.4) is 0 Å². The van der Waals surface area contributed by atoms with Gasteiger partial charge in [0.2, 0.25) is 0 Å². The second-order valence-electron chi connectivity index (χ2n) is 8.75. The second kappa shape index (κ2) is 11.3. The molecule has 4 aromatic rings. The molecule has 0 amide bonds. The highest BCUT2D eigenvalue weighted by atomic mass is 32.2. The van der Waals surface area contributed by atoms with E-state index in [1.807, 2.05) is 36.5 Å². The summed E-state index contributed by atoms with van der Waals surface area (Å²) in [6, 6.07) is 14.0. The first kappa shape index (κ1) is 25.2. The maximum Gasteiger partial charge on any atom is 0.155 e. The molecule has 37 heavy (non-hydrogen) atoms. The Labute approximate surface area is 219 Å². The Kier molecular flexibility index (Phi) is 7.68. The summed E-state index contributed by atoms with van der Waals surface area (Å²) in [6.45, 7) is 6.21. The molecular formula is C27H29F2N7S. The third kappa shape index (κ3) is 5.46. The van der Waals surface area contributed by atoms with Gasteiger partial charge in [-0.1, -0.05) is 19.1 Å². The van der Waals surface area contributed by atoms with Crippen LogP contribution in [-0.4, -0.2) is 58.8 Å². The normalized spacial score (nSPS) is 13.8. The van der Waals surface area contributed by atoms with Crippen LogP contribution in [0.1, 0.15) is 6.92 Å². The van der Waals surface area contributed by atoms with Gasteiger partial charge in [0.15, 0.2) is 11.6 Å². The summed E-state index contributed by atoms with van der Waals surface area (Å²) in [5, 5.41) is 8.02. The molecule has 3 heterocycles. The van der Waals surface area contributed by atoms with E-state index in [0.29, 0.717) is 28.2 Å². The number of hydrogen-bond acceptors (Lipinski definition) is 7. The van der Waals surface area contributed by atoms with Crippen molar-refractivity contribution in [1.82, 2.24) is 24.4 Å². The van der Waals surface area contributed by atoms with E-state index < -0.39 is 5.82 Å². The van der Waals surface area contributed by atoms with E-state index in [2.05, 4.69) is 19.9 Å². The molecule has 192 valence electrons. The lowest BCUT2D eigenvalue weighted by Gasteiger charge is -2.29. The zero-order valence-electron chi connectivity index (χ0n) is 20.8. The summed E-state index contributed by atoms with van der Waals surface area (Å²) < 4.78 is 37.6. The minimum Gasteiger partial charge on any atom is -0.369 e. The Balaban J connectivity index is 1.55. The number of piperazine rings is 1. The summed E-state index contributed by atoms with van der Waals surface area (Å²) in [6.07, 6.45) is 5.01. The Morgan fingerprint density at radius 2 is 1.84 bits per heavy atom. The quantitative estimate of drug-likeness (QED) is 0.309. The van der Waals surface area contributed by atoms with Crippen molar-refractivity contribution >= 4 is 23.5 Å². The topological polar surface area (TPSA) is 61.2 Å². The first-order valence-corrected chi connectivity index (χ1v) is 13.0. The van der Waals surface area contributed by atoms with Gasteiger partial charge in [-0.2, -0.15) is 5.10 Å². The molecule has 2 aromatic carbocycles. The molecule has 2 N–H and O–H groups in total. The number of pyridine rings is 1. The summed E-state index contributed by atoms with van der Waals surface area (Å²) in [5.41, 5.74) is 3.75. The molecule has 7 nitrogen and oxygen atoms in total. The standard InChI is InChI=1S/C27H29F2N7S/c1-3-34(2)37-33-24-6-4-5-21(26(24)29)22-18-36(32-27(22)19-9-11-30-12-10-19)25-8-7-20(17-23(25)28)35-15-13-31-14-16-35/h4-12,17-18,31,33H,3,13-16H2,1-2H3. The van der Waals surface area contributed by atoms with Gasteiger partial charge in [-0.15, -0.1) is 0 Å². The average Bonchev–Trinajstić information content (AvgIpc) is 3.38. The van der Waals surface area contributed by atoms with Crippen LogP contribution in [0.4, 0.5) is 20.2 Å². The Bertz CT molecular complexity index is 1360. The zero-order valence-corrected chi connectivity index (χ0v) is 21.6. The van der Waals surface area contributed by atoms with Gasteiger partial charge in [-0.3, -0.25) is 4.98 Å². The number of anilines is 2. The highest BCUT2D eigenvalue weighted by Crippen LogP contribution is 2.36. The molecule has 10 heteroatoms. The van der Waals surface area contributed by atoms with Gasteiger partial charge in [0.25, 0.3) is 0 Å². The first-order valence-electron chi connectivity index (χ1n) is 12.2. The molecular weight excluding hydrogens is 492 g/mol. The molecule has 1 fully saturated rings. The highest BCUT2D eigenvalue weighted by Gasteiger charge is 2.21. The molecule has 1 saturated heterocycles. The highest BCUT2D eigenvalue weighted by molar-refractivity contribution is 7.98. The minimum atomic E-state index is -0.399. The fourth-order valence-corrected chi connectivity index (χ4v) is 4.77. The van der Waals surface area contributed by atoms with Crippen molar-refractivity contribution in [2.24, 2.45) is 0 Å². The van der Waals surface area contributed by atoms with Gasteiger partial charge < -0.3 is 14.9 Å². The molecule has 5 rings (SSSR count). The maximum atomic E-state index is 15.7. The molecule has 0 atom stereocenters. The van der Waals surface area contributed by atoms with E-state index in [-0.39, 0.29) is 5.82 Å². The average molecular weight is 522 g/mol. The Hall–Kier alpha value is -3.47. The molecule has 0 unspecified atom stereocenters. The van der Waals surface area contributed by atoms with Gasteiger partial charge in [-0.25, -0.2) is 17.8 Å². The second-order valence-corrected chi connectivity index (χ2v) is 9.76. The van der Waals surface area contributed by atoms with Crippen LogP contribution in [0.25, 0.3) is 28.1 Å². The summed E-state index contributed by atoms with van der Waals surface area (Å²) in [5.74, 6) is -0.787. The van der Waals surface area contributed by atoms with Crippen LogP contribution in [0.2, 0.25) is 0 Å². The van der Waals surface area contributed by atoms with Crippen molar-refractivity contribution < 1.29 is 8.78 Å². The van der Waals surface area contributed by atoms with Crippen molar-refractivity contribution in [3.63, 3.8) is 0 Å². The van der Waals surface area contributed by atoms with Crippen molar-refractivity contribution in [1.29, 1.82) is 0 Å². The van der Waals surface area contributed by atoms with E-state index in [1.54, 1.807) is 48.9 Å². The monoisotopic (exact) mass is 521 g/mol. The van der Waals surface area contributed by atoms with Crippen LogP contribution in [0.5, 0.6) is 0 Å². The molecule has 0 saturated carbocycles. The number of halogens is 2. The molecule has 0 spiro atoms. The predicted molar refractivity (Wildman–Crippen MR) is 147 cm³/mol. The minimum absolute atomic E-state index is 0.301. The van der Waals surface area contributed by atoms with Gasteiger partial charge in [0, 0.05) is 85.8 Å². The SMILES string of the molecule is CCN(C)SNc1cccc(-c2cn(-c3ccc(N4CCNCC4)cc3F)nc2-c2ccncc2)c1F. The van der Waals surface area contributed by atoms with Crippen LogP contribution in [-0.2, 0) is 0 Å². The van der Waals surface area contributed by atoms with Gasteiger partial charge in [0.1, 0.15) is 11.4 Å². The first-order chi connectivity index (χ1) is 18.0. The lowest BCUT2D eigenvalue weighted by Crippen LogP contribution is -2.43. The summed E-state index contributed by atoms with van der Waals surface area (Å²) in [4.78, 5) is 6.25. The molecule has 0 aliphatic carbocycles. The van der Waals surface area contributed by atoms with Gasteiger partial charge in [0.05, 0.1) is 5.69 Å². The maximum absolute atomic E-state index is 15.7. The molecule has 1 aliphatic heterocycles. The van der Waals surface area contributed by atoms with Crippen molar-refractivity contribution in [3.8, 4) is 28.1 Å². The fourth-order valence-electron chi connectivity index (χ4n) is 4.23. The Morgan fingerprint density at radius 3 is 2.57 bits per heavy atom. The van der Waals surface area contributed by atoms with Crippen molar-refractivity contribution in [2.75, 3.05) is 49.4 Å². The number of nitrogens with zero attached hydrogens (tertiary/aromatic N) is 5. The zero-order chi connectivity index (χ0) is 25.8. The number of hydrogen-bond donors (Lipinski definition) is 2. The molecule has 0 radical (unpaired) electrons. The van der Waals surface area contributed by atoms with Crippen LogP contribution in [0, 0.1) is 11.6 Å². The van der Waals surface area contributed by atoms with E-state index in [0.717, 1.165) is 44.0 Å². The van der Waals surface area contributed by atoms with Crippen molar-refractivity contribution in [2.45, 2.75) is 6.92 Å². The largest absolute Gasteiger partial charge is 0.369 e. The number of nitrogens with one attached hydrogen (secondary N) is 2. The number of benzene rings is 2. The van der Waals surface area contributed by atoms with Crippen LogP contribution >= 0.6 is 12.1 Å². The van der Waals surface area contributed by atoms with E-state index in [9.17, 15) is 0 Å². The fraction of sp³-hybridized carbons (Fsp3) is 0.259. The summed E-state index contributed by atoms with van der Waals surface area (Å²) >= 11 is 1.32. The van der Waals surface area contributed by atoms with E-state index in [1.165, 1.54) is 16.8 Å². The molecule has 1 aliphatic rings. The lowest BCUT2D eigenvalue weighted by atomic mass is 10.0. The van der Waals surface area contributed by atoms with Gasteiger partial charge >= 0.3 is 0 Å². The van der Waals surface area contributed by atoms with Crippen molar-refractivity contribution in [3.05, 3.63) is 78.8 Å². The van der Waals surface area contributed by atoms with Crippen LogP contribution < -0.4 is 14.9 Å². The predicted octanol–water partition coefficient (Wildman–Crippen LogP) is 5.22. The van der Waals surface area contributed by atoms with E-state index in [4.69, 9.17) is 5.10 Å². The third-order valence-corrected chi connectivity index (χ3v) is 7.25. The summed E-state index contributed by atoms with van der Waals surface area (Å²) in [7, 11) is 1.92.